The Hall–Kier alpha value is -0.120. The van der Waals surface area contributed by atoms with Gasteiger partial charge in [-0.05, 0) is 83.5 Å². The van der Waals surface area contributed by atoms with Gasteiger partial charge in [-0.25, -0.2) is 0 Å². The van der Waals surface area contributed by atoms with E-state index < -0.39 is 0 Å². The maximum Gasteiger partial charge on any atom is 0.0120 e. The van der Waals surface area contributed by atoms with Crippen molar-refractivity contribution in [2.24, 2.45) is 17.8 Å². The van der Waals surface area contributed by atoms with Gasteiger partial charge in [0.15, 0.2) is 0 Å². The standard InChI is InChI=1S/C20H39N3/c1-16(2)19-14-21(15-19)13-18-5-9-23(10-6-18)20-7-11-22(12-8-20)17(3)4/h16-20H,5-15H2,1-4H3. The Morgan fingerprint density at radius 1 is 0.826 bits per heavy atom. The molecule has 0 spiro atoms. The quantitative estimate of drug-likeness (QED) is 0.770. The molecule has 3 aliphatic rings. The molecule has 0 aromatic heterocycles. The summed E-state index contributed by atoms with van der Waals surface area (Å²) in [6.07, 6.45) is 5.66. The Balaban J connectivity index is 1.33. The van der Waals surface area contributed by atoms with E-state index in [1.165, 1.54) is 71.5 Å². The first kappa shape index (κ1) is 17.7. The van der Waals surface area contributed by atoms with Crippen molar-refractivity contribution in [3.8, 4) is 0 Å². The van der Waals surface area contributed by atoms with Gasteiger partial charge in [0.2, 0.25) is 0 Å². The van der Waals surface area contributed by atoms with Crippen molar-refractivity contribution in [3.63, 3.8) is 0 Å². The minimum Gasteiger partial charge on any atom is -0.302 e. The SMILES string of the molecule is CC(C)C1CN(CC2CCN(C3CCN(C(C)C)CC3)CC2)C1. The van der Waals surface area contributed by atoms with Gasteiger partial charge in [0, 0.05) is 31.7 Å². The summed E-state index contributed by atoms with van der Waals surface area (Å²) in [6, 6.07) is 1.60. The number of likely N-dealkylation sites (tertiary alicyclic amines) is 3. The lowest BCUT2D eigenvalue weighted by molar-refractivity contribution is 0.0260. The fourth-order valence-electron chi connectivity index (χ4n) is 4.81. The van der Waals surface area contributed by atoms with E-state index >= 15 is 0 Å². The van der Waals surface area contributed by atoms with Crippen LogP contribution in [0.25, 0.3) is 0 Å². The van der Waals surface area contributed by atoms with E-state index in [-0.39, 0.29) is 0 Å². The van der Waals surface area contributed by atoms with Crippen LogP contribution in [0.5, 0.6) is 0 Å². The molecule has 3 saturated heterocycles. The van der Waals surface area contributed by atoms with Crippen LogP contribution in [0.2, 0.25) is 0 Å². The van der Waals surface area contributed by atoms with Gasteiger partial charge in [0.05, 0.1) is 0 Å². The van der Waals surface area contributed by atoms with E-state index in [0.717, 1.165) is 29.8 Å². The van der Waals surface area contributed by atoms with Crippen molar-refractivity contribution in [2.75, 3.05) is 45.8 Å². The van der Waals surface area contributed by atoms with Crippen LogP contribution in [0.3, 0.4) is 0 Å². The van der Waals surface area contributed by atoms with E-state index in [0.29, 0.717) is 0 Å². The molecule has 0 aromatic rings. The average molecular weight is 322 g/mol. The third-order valence-electron chi connectivity index (χ3n) is 6.84. The van der Waals surface area contributed by atoms with Gasteiger partial charge < -0.3 is 14.7 Å². The molecule has 134 valence electrons. The average Bonchev–Trinajstić information content (AvgIpc) is 2.51. The summed E-state index contributed by atoms with van der Waals surface area (Å²) in [5, 5.41) is 0. The maximum absolute atomic E-state index is 2.82. The monoisotopic (exact) mass is 321 g/mol. The van der Waals surface area contributed by atoms with Crippen LogP contribution in [0.4, 0.5) is 0 Å². The molecule has 0 bridgehead atoms. The van der Waals surface area contributed by atoms with Gasteiger partial charge >= 0.3 is 0 Å². The second-order valence-electron chi connectivity index (χ2n) is 9.06. The van der Waals surface area contributed by atoms with Crippen LogP contribution in [0.15, 0.2) is 0 Å². The number of piperidine rings is 2. The minimum absolute atomic E-state index is 0.730. The fourth-order valence-corrected chi connectivity index (χ4v) is 4.81. The number of hydrogen-bond donors (Lipinski definition) is 0. The van der Waals surface area contributed by atoms with Crippen molar-refractivity contribution < 1.29 is 0 Å². The van der Waals surface area contributed by atoms with Gasteiger partial charge in [-0.2, -0.15) is 0 Å². The second kappa shape index (κ2) is 7.84. The predicted octanol–water partition coefficient (Wildman–Crippen LogP) is 3.16. The zero-order valence-electron chi connectivity index (χ0n) is 16.0. The summed E-state index contributed by atoms with van der Waals surface area (Å²) < 4.78 is 0. The van der Waals surface area contributed by atoms with Gasteiger partial charge in [-0.15, -0.1) is 0 Å². The zero-order chi connectivity index (χ0) is 16.4. The molecule has 3 aliphatic heterocycles. The molecular formula is C20H39N3. The summed E-state index contributed by atoms with van der Waals surface area (Å²) in [5.74, 6) is 2.82. The van der Waals surface area contributed by atoms with Gasteiger partial charge in [-0.1, -0.05) is 13.8 Å². The highest BCUT2D eigenvalue weighted by Crippen LogP contribution is 2.28. The van der Waals surface area contributed by atoms with Crippen LogP contribution < -0.4 is 0 Å². The van der Waals surface area contributed by atoms with Crippen molar-refractivity contribution in [2.45, 2.75) is 65.5 Å². The Kier molecular flexibility index (Phi) is 6.03. The molecule has 0 unspecified atom stereocenters. The van der Waals surface area contributed by atoms with Crippen LogP contribution in [0.1, 0.15) is 53.4 Å². The minimum atomic E-state index is 0.730. The molecule has 0 amide bonds. The molecule has 0 N–H and O–H groups in total. The Bertz CT molecular complexity index is 346. The molecule has 0 saturated carbocycles. The van der Waals surface area contributed by atoms with E-state index in [1.807, 2.05) is 0 Å². The molecule has 0 aliphatic carbocycles. The van der Waals surface area contributed by atoms with Crippen molar-refractivity contribution in [1.82, 2.24) is 14.7 Å². The Labute approximate surface area is 144 Å². The van der Waals surface area contributed by atoms with Crippen molar-refractivity contribution in [1.29, 1.82) is 0 Å². The summed E-state index contributed by atoms with van der Waals surface area (Å²) in [4.78, 5) is 8.19. The van der Waals surface area contributed by atoms with E-state index in [1.54, 1.807) is 0 Å². The van der Waals surface area contributed by atoms with Gasteiger partial charge in [0.1, 0.15) is 0 Å². The van der Waals surface area contributed by atoms with Gasteiger partial charge in [0.25, 0.3) is 0 Å². The smallest absolute Gasteiger partial charge is 0.0120 e. The summed E-state index contributed by atoms with van der Waals surface area (Å²) in [7, 11) is 0. The third kappa shape index (κ3) is 4.49. The fraction of sp³-hybridized carbons (Fsp3) is 1.00. The molecule has 3 heteroatoms. The molecular weight excluding hydrogens is 282 g/mol. The first-order valence-corrected chi connectivity index (χ1v) is 10.2. The highest BCUT2D eigenvalue weighted by Gasteiger charge is 2.33. The molecule has 3 heterocycles. The van der Waals surface area contributed by atoms with E-state index in [2.05, 4.69) is 42.4 Å². The first-order chi connectivity index (χ1) is 11.0. The highest BCUT2D eigenvalue weighted by atomic mass is 15.2. The van der Waals surface area contributed by atoms with Gasteiger partial charge in [-0.3, -0.25) is 0 Å². The van der Waals surface area contributed by atoms with Crippen LogP contribution in [-0.4, -0.2) is 72.6 Å². The van der Waals surface area contributed by atoms with Crippen LogP contribution in [-0.2, 0) is 0 Å². The van der Waals surface area contributed by atoms with Crippen molar-refractivity contribution >= 4 is 0 Å². The lowest BCUT2D eigenvalue weighted by atomic mass is 9.86. The second-order valence-corrected chi connectivity index (χ2v) is 9.06. The molecule has 3 rings (SSSR count). The first-order valence-electron chi connectivity index (χ1n) is 10.2. The molecule has 23 heavy (non-hydrogen) atoms. The lowest BCUT2D eigenvalue weighted by Crippen LogP contribution is -2.53. The molecule has 3 nitrogen and oxygen atoms in total. The zero-order valence-corrected chi connectivity index (χ0v) is 16.0. The number of hydrogen-bond acceptors (Lipinski definition) is 3. The van der Waals surface area contributed by atoms with E-state index in [4.69, 9.17) is 0 Å². The summed E-state index contributed by atoms with van der Waals surface area (Å²) >= 11 is 0. The predicted molar refractivity (Wildman–Crippen MR) is 98.8 cm³/mol. The lowest BCUT2D eigenvalue weighted by Gasteiger charge is -2.46. The number of rotatable bonds is 5. The topological polar surface area (TPSA) is 9.72 Å². The van der Waals surface area contributed by atoms with Crippen LogP contribution >= 0.6 is 0 Å². The number of nitrogens with zero attached hydrogens (tertiary/aromatic N) is 3. The summed E-state index contributed by atoms with van der Waals surface area (Å²) in [6.45, 7) is 18.9. The Morgan fingerprint density at radius 3 is 1.96 bits per heavy atom. The molecule has 3 fully saturated rings. The largest absolute Gasteiger partial charge is 0.302 e. The summed E-state index contributed by atoms with van der Waals surface area (Å²) in [5.41, 5.74) is 0. The molecule has 0 aromatic carbocycles. The van der Waals surface area contributed by atoms with E-state index in [9.17, 15) is 0 Å². The van der Waals surface area contributed by atoms with Crippen LogP contribution in [0, 0.1) is 17.8 Å². The third-order valence-corrected chi connectivity index (χ3v) is 6.84. The molecule has 0 radical (unpaired) electrons. The normalized spacial score (nSPS) is 27.9. The maximum atomic E-state index is 2.82. The Morgan fingerprint density at radius 2 is 1.43 bits per heavy atom. The van der Waals surface area contributed by atoms with Crippen molar-refractivity contribution in [3.05, 3.63) is 0 Å². The molecule has 0 atom stereocenters. The highest BCUT2D eigenvalue weighted by molar-refractivity contribution is 4.87.